The number of phenols is 1. The molecule has 0 spiro atoms. The van der Waals surface area contributed by atoms with Gasteiger partial charge in [0.2, 0.25) is 0 Å². The number of hydrogen-bond donors (Lipinski definition) is 2. The summed E-state index contributed by atoms with van der Waals surface area (Å²) in [7, 11) is 0. The number of phenolic OH excluding ortho intramolecular Hbond substituents is 1. The molecule has 0 aromatic heterocycles. The van der Waals surface area contributed by atoms with Crippen LogP contribution in [0.4, 0.5) is 4.79 Å². The SMILES string of the molecule is O=C1NC(=O)C(=Cc2c(Br)cc(Br)c(O)c2Br)S1. The summed E-state index contributed by atoms with van der Waals surface area (Å²) in [6.45, 7) is 0. The fourth-order valence-corrected chi connectivity index (χ4v) is 4.29. The van der Waals surface area contributed by atoms with Crippen molar-refractivity contribution in [3.8, 4) is 5.75 Å². The smallest absolute Gasteiger partial charge is 0.290 e. The number of thioether (sulfide) groups is 1. The highest BCUT2D eigenvalue weighted by Crippen LogP contribution is 2.41. The summed E-state index contributed by atoms with van der Waals surface area (Å²) in [5.74, 6) is -0.411. The number of halogens is 3. The Balaban J connectivity index is 2.53. The fourth-order valence-electron chi connectivity index (χ4n) is 1.28. The molecular formula is C10H4Br3NO3S. The van der Waals surface area contributed by atoms with Crippen molar-refractivity contribution in [1.29, 1.82) is 0 Å². The lowest BCUT2D eigenvalue weighted by molar-refractivity contribution is -0.115. The molecule has 2 N–H and O–H groups in total. The summed E-state index contributed by atoms with van der Waals surface area (Å²) in [5.41, 5.74) is 0.586. The highest BCUT2D eigenvalue weighted by molar-refractivity contribution is 9.11. The van der Waals surface area contributed by atoms with E-state index in [1.165, 1.54) is 6.08 Å². The van der Waals surface area contributed by atoms with Crippen LogP contribution in [-0.4, -0.2) is 16.3 Å². The van der Waals surface area contributed by atoms with Gasteiger partial charge >= 0.3 is 0 Å². The monoisotopic (exact) mass is 455 g/mol. The summed E-state index contributed by atoms with van der Waals surface area (Å²) < 4.78 is 1.63. The fraction of sp³-hybridized carbons (Fsp3) is 0. The van der Waals surface area contributed by atoms with Crippen LogP contribution >= 0.6 is 59.6 Å². The molecule has 1 heterocycles. The number of benzene rings is 1. The van der Waals surface area contributed by atoms with Crippen molar-refractivity contribution < 1.29 is 14.7 Å². The van der Waals surface area contributed by atoms with Crippen molar-refractivity contribution in [3.05, 3.63) is 30.0 Å². The molecule has 94 valence electrons. The number of aromatic hydroxyl groups is 1. The van der Waals surface area contributed by atoms with Crippen molar-refractivity contribution in [2.24, 2.45) is 0 Å². The molecule has 8 heteroatoms. The van der Waals surface area contributed by atoms with Crippen molar-refractivity contribution >= 4 is 76.8 Å². The molecule has 1 aliphatic rings. The van der Waals surface area contributed by atoms with Gasteiger partial charge in [0.25, 0.3) is 11.1 Å². The predicted octanol–water partition coefficient (Wildman–Crippen LogP) is 4.00. The summed E-state index contributed by atoms with van der Waals surface area (Å²) in [5, 5.41) is 11.5. The second kappa shape index (κ2) is 5.36. The maximum absolute atomic E-state index is 11.4. The van der Waals surface area contributed by atoms with E-state index in [1.807, 2.05) is 0 Å². The Hall–Kier alpha value is -0.310. The van der Waals surface area contributed by atoms with Gasteiger partial charge in [0, 0.05) is 10.0 Å². The maximum Gasteiger partial charge on any atom is 0.290 e. The van der Waals surface area contributed by atoms with Crippen molar-refractivity contribution in [1.82, 2.24) is 5.32 Å². The first-order valence-corrected chi connectivity index (χ1v) is 7.71. The van der Waals surface area contributed by atoms with Crippen molar-refractivity contribution in [2.45, 2.75) is 0 Å². The molecule has 18 heavy (non-hydrogen) atoms. The number of nitrogens with one attached hydrogen (secondary N) is 1. The second-order valence-electron chi connectivity index (χ2n) is 3.27. The number of hydrogen-bond acceptors (Lipinski definition) is 4. The van der Waals surface area contributed by atoms with E-state index >= 15 is 0 Å². The van der Waals surface area contributed by atoms with Gasteiger partial charge in [-0.2, -0.15) is 0 Å². The molecule has 2 rings (SSSR count). The molecule has 1 aromatic carbocycles. The standard InChI is InChI=1S/C10H4Br3NO3S/c11-4-2-5(12)8(15)7(13)3(4)1-6-9(16)14-10(17)18-6/h1-2,15H,(H,14,16,17). The third-order valence-electron chi connectivity index (χ3n) is 2.10. The van der Waals surface area contributed by atoms with Gasteiger partial charge in [-0.05, 0) is 55.8 Å². The second-order valence-corrected chi connectivity index (χ2v) is 6.79. The minimum atomic E-state index is -0.439. The topological polar surface area (TPSA) is 66.4 Å². The zero-order chi connectivity index (χ0) is 13.4. The molecule has 0 saturated carbocycles. The van der Waals surface area contributed by atoms with Gasteiger partial charge in [0.05, 0.1) is 13.9 Å². The lowest BCUT2D eigenvalue weighted by Crippen LogP contribution is -2.17. The quantitative estimate of drug-likeness (QED) is 0.625. The predicted molar refractivity (Wildman–Crippen MR) is 80.3 cm³/mol. The summed E-state index contributed by atoms with van der Waals surface area (Å²) >= 11 is 10.6. The molecule has 0 radical (unpaired) electrons. The third-order valence-corrected chi connectivity index (χ3v) is 4.97. The summed E-state index contributed by atoms with van der Waals surface area (Å²) in [6.07, 6.45) is 1.53. The molecule has 0 bridgehead atoms. The van der Waals surface area contributed by atoms with Gasteiger partial charge in [-0.1, -0.05) is 15.9 Å². The van der Waals surface area contributed by atoms with E-state index in [-0.39, 0.29) is 10.7 Å². The first-order chi connectivity index (χ1) is 8.40. The average Bonchev–Trinajstić information content (AvgIpc) is 2.60. The molecule has 0 atom stereocenters. The van der Waals surface area contributed by atoms with Gasteiger partial charge < -0.3 is 5.11 Å². The minimum Gasteiger partial charge on any atom is -0.506 e. The lowest BCUT2D eigenvalue weighted by Gasteiger charge is -2.07. The number of carbonyl (C=O) groups excluding carboxylic acids is 2. The number of imide groups is 1. The molecule has 2 amide bonds. The minimum absolute atomic E-state index is 0.0276. The van der Waals surface area contributed by atoms with Crippen LogP contribution in [0, 0.1) is 0 Å². The number of amides is 2. The van der Waals surface area contributed by atoms with Crippen molar-refractivity contribution in [3.63, 3.8) is 0 Å². The summed E-state index contributed by atoms with van der Waals surface area (Å²) in [4.78, 5) is 22.8. The Morgan fingerprint density at radius 3 is 2.44 bits per heavy atom. The Morgan fingerprint density at radius 1 is 1.22 bits per heavy atom. The summed E-state index contributed by atoms with van der Waals surface area (Å²) in [6, 6.07) is 1.66. The highest BCUT2D eigenvalue weighted by Gasteiger charge is 2.26. The van der Waals surface area contributed by atoms with Gasteiger partial charge in [0.1, 0.15) is 5.75 Å². The van der Waals surface area contributed by atoms with Gasteiger partial charge in [-0.15, -0.1) is 0 Å². The van der Waals surface area contributed by atoms with Crippen LogP contribution in [0.2, 0.25) is 0 Å². The van der Waals surface area contributed by atoms with E-state index in [1.54, 1.807) is 6.07 Å². The highest BCUT2D eigenvalue weighted by atomic mass is 79.9. The van der Waals surface area contributed by atoms with Crippen LogP contribution in [0.1, 0.15) is 5.56 Å². The van der Waals surface area contributed by atoms with Crippen LogP contribution in [-0.2, 0) is 4.79 Å². The van der Waals surface area contributed by atoms with E-state index in [0.717, 1.165) is 11.8 Å². The van der Waals surface area contributed by atoms with E-state index in [0.29, 0.717) is 19.0 Å². The van der Waals surface area contributed by atoms with Crippen LogP contribution < -0.4 is 5.32 Å². The number of rotatable bonds is 1. The van der Waals surface area contributed by atoms with Crippen LogP contribution in [0.15, 0.2) is 24.4 Å². The molecule has 0 aliphatic carbocycles. The van der Waals surface area contributed by atoms with E-state index in [9.17, 15) is 14.7 Å². The first-order valence-electron chi connectivity index (χ1n) is 4.51. The molecule has 1 aliphatic heterocycles. The van der Waals surface area contributed by atoms with E-state index in [2.05, 4.69) is 53.1 Å². The van der Waals surface area contributed by atoms with Gasteiger partial charge in [-0.25, -0.2) is 0 Å². The lowest BCUT2D eigenvalue weighted by atomic mass is 10.2. The molecule has 1 saturated heterocycles. The largest absolute Gasteiger partial charge is 0.506 e. The number of carbonyl (C=O) groups is 2. The van der Waals surface area contributed by atoms with Crippen LogP contribution in [0.3, 0.4) is 0 Å². The Kier molecular flexibility index (Phi) is 4.20. The van der Waals surface area contributed by atoms with Crippen molar-refractivity contribution in [2.75, 3.05) is 0 Å². The van der Waals surface area contributed by atoms with Gasteiger partial charge in [-0.3, -0.25) is 14.9 Å². The Labute approximate surface area is 132 Å². The Bertz CT molecular complexity index is 601. The van der Waals surface area contributed by atoms with Gasteiger partial charge in [0.15, 0.2) is 0 Å². The zero-order valence-corrected chi connectivity index (χ0v) is 14.0. The molecule has 1 fully saturated rings. The third kappa shape index (κ3) is 2.66. The maximum atomic E-state index is 11.4. The van der Waals surface area contributed by atoms with Crippen LogP contribution in [0.25, 0.3) is 6.08 Å². The van der Waals surface area contributed by atoms with Crippen LogP contribution in [0.5, 0.6) is 5.75 Å². The molecule has 0 unspecified atom stereocenters. The molecule has 4 nitrogen and oxygen atoms in total. The normalized spacial score (nSPS) is 17.4. The molecular weight excluding hydrogens is 454 g/mol. The van der Waals surface area contributed by atoms with E-state index < -0.39 is 11.1 Å². The molecule has 1 aromatic rings. The van der Waals surface area contributed by atoms with E-state index in [4.69, 9.17) is 0 Å². The zero-order valence-electron chi connectivity index (χ0n) is 8.46. The Morgan fingerprint density at radius 2 is 1.89 bits per heavy atom. The average molecular weight is 458 g/mol. The first kappa shape index (κ1) is 14.1.